The number of rotatable bonds is 5. The second kappa shape index (κ2) is 7.73. The van der Waals surface area contributed by atoms with Gasteiger partial charge in [-0.1, -0.05) is 11.8 Å². The van der Waals surface area contributed by atoms with Gasteiger partial charge in [0, 0.05) is 5.56 Å². The number of hydrogen-bond acceptors (Lipinski definition) is 6. The van der Waals surface area contributed by atoms with Crippen molar-refractivity contribution in [2.75, 3.05) is 7.11 Å². The fraction of sp³-hybridized carbons (Fsp3) is 0.231. The summed E-state index contributed by atoms with van der Waals surface area (Å²) in [6.07, 6.45) is 0.998. The fourth-order valence-corrected chi connectivity index (χ4v) is 3.08. The molecule has 0 radical (unpaired) electrons. The van der Waals surface area contributed by atoms with Gasteiger partial charge >= 0.3 is 5.97 Å². The van der Waals surface area contributed by atoms with E-state index in [-0.39, 0.29) is 17.3 Å². The number of halogens is 2. The summed E-state index contributed by atoms with van der Waals surface area (Å²) in [7, 11) is 1.35. The SMILES string of the molecule is COc1c(C=NN=C2NC(=O)C(CC(=O)O)S2)ccc(I)c1F. The molecule has 0 aromatic heterocycles. The Morgan fingerprint density at radius 3 is 3.00 bits per heavy atom. The van der Waals surface area contributed by atoms with Crippen molar-refractivity contribution < 1.29 is 23.8 Å². The van der Waals surface area contributed by atoms with Crippen LogP contribution in [0.3, 0.4) is 0 Å². The van der Waals surface area contributed by atoms with Crippen LogP contribution in [0, 0.1) is 9.39 Å². The van der Waals surface area contributed by atoms with Gasteiger partial charge < -0.3 is 15.2 Å². The minimum atomic E-state index is -1.07. The van der Waals surface area contributed by atoms with Crippen LogP contribution in [0.1, 0.15) is 12.0 Å². The fourth-order valence-electron chi connectivity index (χ4n) is 1.74. The van der Waals surface area contributed by atoms with E-state index in [0.29, 0.717) is 9.13 Å². The Balaban J connectivity index is 2.12. The van der Waals surface area contributed by atoms with Crippen molar-refractivity contribution in [3.05, 3.63) is 27.1 Å². The van der Waals surface area contributed by atoms with Crippen LogP contribution in [-0.4, -0.2) is 40.7 Å². The third-order valence-electron chi connectivity index (χ3n) is 2.77. The number of aliphatic carboxylic acids is 1. The molecule has 1 unspecified atom stereocenters. The summed E-state index contributed by atoms with van der Waals surface area (Å²) in [5.74, 6) is -1.94. The van der Waals surface area contributed by atoms with E-state index in [1.807, 2.05) is 22.6 Å². The largest absolute Gasteiger partial charge is 0.493 e. The lowest BCUT2D eigenvalue weighted by Crippen LogP contribution is -2.26. The molecule has 10 heteroatoms. The second-order valence-electron chi connectivity index (χ2n) is 4.33. The molecule has 1 aliphatic heterocycles. The van der Waals surface area contributed by atoms with E-state index < -0.39 is 22.9 Å². The van der Waals surface area contributed by atoms with Crippen LogP contribution in [0.5, 0.6) is 5.75 Å². The minimum Gasteiger partial charge on any atom is -0.493 e. The highest BCUT2D eigenvalue weighted by Crippen LogP contribution is 2.26. The summed E-state index contributed by atoms with van der Waals surface area (Å²) in [4.78, 5) is 22.2. The normalized spacial score (nSPS) is 19.3. The van der Waals surface area contributed by atoms with E-state index in [1.165, 1.54) is 13.3 Å². The molecule has 0 bridgehead atoms. The number of amidine groups is 1. The number of thioether (sulfide) groups is 1. The van der Waals surface area contributed by atoms with Crippen LogP contribution < -0.4 is 10.1 Å². The van der Waals surface area contributed by atoms with Crippen molar-refractivity contribution in [2.45, 2.75) is 11.7 Å². The molecule has 0 aliphatic carbocycles. The smallest absolute Gasteiger partial charge is 0.305 e. The Hall–Kier alpha value is -1.69. The molecule has 1 aromatic carbocycles. The van der Waals surface area contributed by atoms with Gasteiger partial charge in [-0.05, 0) is 34.7 Å². The predicted octanol–water partition coefficient (Wildman–Crippen LogP) is 1.84. The molecule has 1 fully saturated rings. The number of amides is 1. The first-order valence-corrected chi connectivity index (χ1v) is 8.20. The van der Waals surface area contributed by atoms with Gasteiger partial charge in [-0.2, -0.15) is 5.10 Å². The highest BCUT2D eigenvalue weighted by Gasteiger charge is 2.32. The van der Waals surface area contributed by atoms with Gasteiger partial charge in [-0.15, -0.1) is 5.10 Å². The summed E-state index contributed by atoms with van der Waals surface area (Å²) in [5.41, 5.74) is 0.395. The summed E-state index contributed by atoms with van der Waals surface area (Å²) >= 11 is 2.83. The number of carbonyl (C=O) groups excluding carboxylic acids is 1. The Labute approximate surface area is 148 Å². The van der Waals surface area contributed by atoms with Crippen molar-refractivity contribution in [3.63, 3.8) is 0 Å². The van der Waals surface area contributed by atoms with Crippen LogP contribution >= 0.6 is 34.4 Å². The molecule has 2 N–H and O–H groups in total. The van der Waals surface area contributed by atoms with E-state index in [9.17, 15) is 14.0 Å². The van der Waals surface area contributed by atoms with E-state index in [4.69, 9.17) is 9.84 Å². The van der Waals surface area contributed by atoms with Crippen molar-refractivity contribution >= 4 is 57.6 Å². The van der Waals surface area contributed by atoms with Crippen LogP contribution in [-0.2, 0) is 9.59 Å². The van der Waals surface area contributed by atoms with Crippen LogP contribution in [0.2, 0.25) is 0 Å². The molecule has 23 heavy (non-hydrogen) atoms. The number of nitrogens with one attached hydrogen (secondary N) is 1. The number of carboxylic acid groups (broad SMARTS) is 1. The highest BCUT2D eigenvalue weighted by atomic mass is 127. The van der Waals surface area contributed by atoms with Gasteiger partial charge in [-0.25, -0.2) is 4.39 Å². The number of methoxy groups -OCH3 is 1. The molecule has 0 saturated carbocycles. The maximum Gasteiger partial charge on any atom is 0.305 e. The Morgan fingerprint density at radius 1 is 1.61 bits per heavy atom. The van der Waals surface area contributed by atoms with E-state index >= 15 is 0 Å². The van der Waals surface area contributed by atoms with Gasteiger partial charge in [0.05, 0.1) is 23.3 Å². The van der Waals surface area contributed by atoms with Crippen LogP contribution in [0.25, 0.3) is 0 Å². The molecule has 1 heterocycles. The monoisotopic (exact) mass is 451 g/mol. The second-order valence-corrected chi connectivity index (χ2v) is 6.68. The first-order valence-electron chi connectivity index (χ1n) is 6.24. The predicted molar refractivity (Wildman–Crippen MR) is 92.5 cm³/mol. The average molecular weight is 451 g/mol. The van der Waals surface area contributed by atoms with Crippen LogP contribution in [0.4, 0.5) is 4.39 Å². The molecular formula is C13H11FIN3O4S. The number of ether oxygens (including phenoxy) is 1. The zero-order chi connectivity index (χ0) is 17.0. The molecule has 122 valence electrons. The van der Waals surface area contributed by atoms with Crippen LogP contribution in [0.15, 0.2) is 22.3 Å². The minimum absolute atomic E-state index is 0.0488. The molecule has 1 saturated heterocycles. The first-order chi connectivity index (χ1) is 10.9. The molecule has 1 aromatic rings. The van der Waals surface area contributed by atoms with Gasteiger partial charge in [0.2, 0.25) is 5.91 Å². The van der Waals surface area contributed by atoms with Crippen molar-refractivity contribution in [1.29, 1.82) is 0 Å². The van der Waals surface area contributed by atoms with Crippen molar-refractivity contribution in [1.82, 2.24) is 5.32 Å². The number of benzene rings is 1. The van der Waals surface area contributed by atoms with E-state index in [2.05, 4.69) is 15.5 Å². The third-order valence-corrected chi connectivity index (χ3v) is 4.67. The maximum atomic E-state index is 13.9. The molecule has 0 spiro atoms. The van der Waals surface area contributed by atoms with Gasteiger partial charge in [-0.3, -0.25) is 9.59 Å². The topological polar surface area (TPSA) is 100 Å². The molecule has 7 nitrogen and oxygen atoms in total. The van der Waals surface area contributed by atoms with Gasteiger partial charge in [0.25, 0.3) is 0 Å². The van der Waals surface area contributed by atoms with Crippen molar-refractivity contribution in [2.24, 2.45) is 10.2 Å². The van der Waals surface area contributed by atoms with Crippen molar-refractivity contribution in [3.8, 4) is 5.75 Å². The average Bonchev–Trinajstić information content (AvgIpc) is 2.82. The first kappa shape index (κ1) is 17.7. The van der Waals surface area contributed by atoms with Gasteiger partial charge in [0.1, 0.15) is 5.25 Å². The summed E-state index contributed by atoms with van der Waals surface area (Å²) < 4.78 is 19.3. The van der Waals surface area contributed by atoms with E-state index in [1.54, 1.807) is 12.1 Å². The lowest BCUT2D eigenvalue weighted by atomic mass is 10.2. The standard InChI is InChI=1S/C13H11FIN3O4S/c1-22-11-6(2-3-7(15)10(11)14)5-16-18-13-17-12(21)8(23-13)4-9(19)20/h2-3,5,8H,4H2,1H3,(H,19,20)(H,17,18,21). The number of hydrogen-bond donors (Lipinski definition) is 2. The molecule has 2 rings (SSSR count). The lowest BCUT2D eigenvalue weighted by Gasteiger charge is -2.06. The zero-order valence-electron chi connectivity index (χ0n) is 11.7. The summed E-state index contributed by atoms with van der Waals surface area (Å²) in [5, 5.41) is 18.2. The summed E-state index contributed by atoms with van der Waals surface area (Å²) in [6.45, 7) is 0. The number of carbonyl (C=O) groups is 2. The molecular weight excluding hydrogens is 440 g/mol. The van der Waals surface area contributed by atoms with E-state index in [0.717, 1.165) is 11.8 Å². The lowest BCUT2D eigenvalue weighted by molar-refractivity contribution is -0.138. The summed E-state index contributed by atoms with van der Waals surface area (Å²) in [6, 6.07) is 3.20. The molecule has 1 amide bonds. The quantitative estimate of drug-likeness (QED) is 0.405. The molecule has 1 atom stereocenters. The maximum absolute atomic E-state index is 13.9. The molecule has 1 aliphatic rings. The third kappa shape index (κ3) is 4.41. The Morgan fingerprint density at radius 2 is 2.35 bits per heavy atom. The Kier molecular flexibility index (Phi) is 5.93. The van der Waals surface area contributed by atoms with Gasteiger partial charge in [0.15, 0.2) is 16.7 Å². The highest BCUT2D eigenvalue weighted by molar-refractivity contribution is 14.1. The number of carboxylic acids is 1. The Bertz CT molecular complexity index is 711. The number of nitrogens with zero attached hydrogens (tertiary/aromatic N) is 2. The zero-order valence-corrected chi connectivity index (χ0v) is 14.7.